The van der Waals surface area contributed by atoms with Crippen molar-refractivity contribution in [1.29, 1.82) is 0 Å². The zero-order valence-corrected chi connectivity index (χ0v) is 12.6. The number of nitrogens with one attached hydrogen (secondary N) is 2. The number of ether oxygens (including phenoxy) is 1. The SMILES string of the molecule is CN/N=C\c1c(OC2CC3(CNC3)C2)ccc(Cl)c1C=O. The van der Waals surface area contributed by atoms with E-state index in [0.29, 0.717) is 27.3 Å². The summed E-state index contributed by atoms with van der Waals surface area (Å²) in [7, 11) is 1.70. The normalized spacial score (nSPS) is 20.1. The van der Waals surface area contributed by atoms with Crippen LogP contribution in [0.2, 0.25) is 5.02 Å². The van der Waals surface area contributed by atoms with Gasteiger partial charge in [0.1, 0.15) is 5.75 Å². The van der Waals surface area contributed by atoms with Gasteiger partial charge in [0, 0.05) is 36.7 Å². The Bertz CT molecular complexity index is 577. The predicted molar refractivity (Wildman–Crippen MR) is 82.4 cm³/mol. The molecule has 2 fully saturated rings. The van der Waals surface area contributed by atoms with E-state index in [4.69, 9.17) is 16.3 Å². The highest BCUT2D eigenvalue weighted by Gasteiger charge is 2.49. The molecule has 2 N–H and O–H groups in total. The Morgan fingerprint density at radius 3 is 2.76 bits per heavy atom. The molecule has 112 valence electrons. The number of nitrogens with zero attached hydrogens (tertiary/aromatic N) is 1. The van der Waals surface area contributed by atoms with Gasteiger partial charge in [0.15, 0.2) is 6.29 Å². The molecule has 0 atom stereocenters. The topological polar surface area (TPSA) is 62.7 Å². The summed E-state index contributed by atoms with van der Waals surface area (Å²) >= 11 is 6.06. The van der Waals surface area contributed by atoms with Crippen LogP contribution < -0.4 is 15.5 Å². The van der Waals surface area contributed by atoms with Gasteiger partial charge in [0.05, 0.1) is 17.3 Å². The van der Waals surface area contributed by atoms with Crippen molar-refractivity contribution in [1.82, 2.24) is 10.7 Å². The Kier molecular flexibility index (Phi) is 3.87. The fraction of sp³-hybridized carbons (Fsp3) is 0.467. The zero-order valence-electron chi connectivity index (χ0n) is 11.9. The summed E-state index contributed by atoms with van der Waals surface area (Å²) in [5.41, 5.74) is 4.16. The van der Waals surface area contributed by atoms with Gasteiger partial charge < -0.3 is 15.5 Å². The van der Waals surface area contributed by atoms with Crippen LogP contribution in [0.5, 0.6) is 5.75 Å². The quantitative estimate of drug-likeness (QED) is 0.495. The lowest BCUT2D eigenvalue weighted by Gasteiger charge is -2.53. The van der Waals surface area contributed by atoms with Gasteiger partial charge in [-0.2, -0.15) is 5.10 Å². The molecule has 2 aliphatic rings. The second-order valence-corrected chi connectivity index (χ2v) is 6.13. The fourth-order valence-corrected chi connectivity index (χ4v) is 3.22. The Balaban J connectivity index is 1.80. The molecule has 1 heterocycles. The first-order valence-corrected chi connectivity index (χ1v) is 7.40. The molecule has 1 spiro atoms. The third kappa shape index (κ3) is 2.63. The molecule has 21 heavy (non-hydrogen) atoms. The molecule has 1 aliphatic carbocycles. The first-order valence-electron chi connectivity index (χ1n) is 7.02. The predicted octanol–water partition coefficient (Wildman–Crippen LogP) is 1.84. The second kappa shape index (κ2) is 5.66. The van der Waals surface area contributed by atoms with Crippen LogP contribution >= 0.6 is 11.6 Å². The van der Waals surface area contributed by atoms with Crippen molar-refractivity contribution in [3.63, 3.8) is 0 Å². The van der Waals surface area contributed by atoms with E-state index in [1.54, 1.807) is 25.4 Å². The summed E-state index contributed by atoms with van der Waals surface area (Å²) in [6.07, 6.45) is 4.63. The van der Waals surface area contributed by atoms with Crippen molar-refractivity contribution in [2.45, 2.75) is 18.9 Å². The molecule has 5 nitrogen and oxygen atoms in total. The summed E-state index contributed by atoms with van der Waals surface area (Å²) in [6, 6.07) is 3.49. The number of hydrogen-bond donors (Lipinski definition) is 2. The molecule has 1 aromatic rings. The van der Waals surface area contributed by atoms with E-state index in [-0.39, 0.29) is 6.10 Å². The third-order valence-corrected chi connectivity index (χ3v) is 4.58. The lowest BCUT2D eigenvalue weighted by molar-refractivity contribution is -0.0495. The van der Waals surface area contributed by atoms with E-state index in [1.807, 2.05) is 0 Å². The molecule has 0 amide bonds. The van der Waals surface area contributed by atoms with Crippen molar-refractivity contribution in [3.8, 4) is 5.75 Å². The monoisotopic (exact) mass is 307 g/mol. The zero-order chi connectivity index (χ0) is 14.9. The van der Waals surface area contributed by atoms with Crippen LogP contribution in [0.1, 0.15) is 28.8 Å². The molecule has 1 saturated heterocycles. The first-order chi connectivity index (χ1) is 10.2. The first kappa shape index (κ1) is 14.4. The number of carbonyl (C=O) groups is 1. The Morgan fingerprint density at radius 1 is 1.43 bits per heavy atom. The van der Waals surface area contributed by atoms with Crippen LogP contribution in [-0.2, 0) is 0 Å². The van der Waals surface area contributed by atoms with Crippen molar-refractivity contribution in [3.05, 3.63) is 28.3 Å². The van der Waals surface area contributed by atoms with Crippen LogP contribution in [0.4, 0.5) is 0 Å². The van der Waals surface area contributed by atoms with Crippen LogP contribution in [-0.4, -0.2) is 38.7 Å². The number of benzene rings is 1. The van der Waals surface area contributed by atoms with Gasteiger partial charge in [-0.1, -0.05) is 11.6 Å². The highest BCUT2D eigenvalue weighted by molar-refractivity contribution is 6.33. The molecule has 3 rings (SSSR count). The molecule has 1 aromatic carbocycles. The number of halogens is 1. The van der Waals surface area contributed by atoms with E-state index >= 15 is 0 Å². The summed E-state index contributed by atoms with van der Waals surface area (Å²) < 4.78 is 6.04. The average molecular weight is 308 g/mol. The highest BCUT2D eigenvalue weighted by Crippen LogP contribution is 2.46. The van der Waals surface area contributed by atoms with E-state index in [1.165, 1.54) is 0 Å². The number of aldehydes is 1. The van der Waals surface area contributed by atoms with E-state index in [0.717, 1.165) is 32.2 Å². The fourth-order valence-electron chi connectivity index (χ4n) is 3.01. The second-order valence-electron chi connectivity index (χ2n) is 5.72. The number of hydrogen-bond acceptors (Lipinski definition) is 5. The molecule has 1 saturated carbocycles. The van der Waals surface area contributed by atoms with E-state index in [9.17, 15) is 4.79 Å². The Labute approximate surface area is 128 Å². The lowest BCUT2D eigenvalue weighted by atomic mass is 9.63. The van der Waals surface area contributed by atoms with E-state index in [2.05, 4.69) is 15.8 Å². The van der Waals surface area contributed by atoms with Crippen LogP contribution in [0, 0.1) is 5.41 Å². The van der Waals surface area contributed by atoms with Crippen LogP contribution in [0.3, 0.4) is 0 Å². The highest BCUT2D eigenvalue weighted by atomic mass is 35.5. The summed E-state index contributed by atoms with van der Waals surface area (Å²) in [5.74, 6) is 0.660. The Hall–Kier alpha value is -1.59. The summed E-state index contributed by atoms with van der Waals surface area (Å²) in [5, 5.41) is 7.69. The molecule has 0 radical (unpaired) electrons. The minimum atomic E-state index is 0.203. The molecular formula is C15H18ClN3O2. The largest absolute Gasteiger partial charge is 0.490 e. The number of carbonyl (C=O) groups excluding carboxylic acids is 1. The number of hydrazone groups is 1. The molecule has 6 heteroatoms. The summed E-state index contributed by atoms with van der Waals surface area (Å²) in [6.45, 7) is 2.17. The van der Waals surface area contributed by atoms with Crippen LogP contribution in [0.25, 0.3) is 0 Å². The Morgan fingerprint density at radius 2 is 2.19 bits per heavy atom. The van der Waals surface area contributed by atoms with Gasteiger partial charge in [-0.25, -0.2) is 0 Å². The maximum Gasteiger partial charge on any atom is 0.152 e. The standard InChI is InChI=1S/C15H18ClN3O2/c1-17-19-6-11-12(7-20)13(16)2-3-14(11)21-10-4-15(5-10)8-18-9-15/h2-3,6-7,10,17-18H,4-5,8-9H2,1H3/b19-6-. The maximum absolute atomic E-state index is 11.3. The van der Waals surface area contributed by atoms with Crippen molar-refractivity contribution in [2.24, 2.45) is 10.5 Å². The van der Waals surface area contributed by atoms with Crippen molar-refractivity contribution in [2.75, 3.05) is 20.1 Å². The van der Waals surface area contributed by atoms with Crippen LogP contribution in [0.15, 0.2) is 17.2 Å². The molecular weight excluding hydrogens is 290 g/mol. The van der Waals surface area contributed by atoms with Crippen molar-refractivity contribution >= 4 is 24.1 Å². The minimum Gasteiger partial charge on any atom is -0.490 e. The third-order valence-electron chi connectivity index (χ3n) is 4.25. The molecule has 0 aromatic heterocycles. The number of rotatable bonds is 5. The lowest BCUT2D eigenvalue weighted by Crippen LogP contribution is -2.62. The van der Waals surface area contributed by atoms with Gasteiger partial charge in [-0.3, -0.25) is 4.79 Å². The molecule has 0 unspecified atom stereocenters. The van der Waals surface area contributed by atoms with Gasteiger partial charge in [-0.15, -0.1) is 0 Å². The molecule has 1 aliphatic heterocycles. The van der Waals surface area contributed by atoms with Gasteiger partial charge in [-0.05, 0) is 25.0 Å². The maximum atomic E-state index is 11.3. The van der Waals surface area contributed by atoms with Gasteiger partial charge in [0.25, 0.3) is 0 Å². The minimum absolute atomic E-state index is 0.203. The molecule has 0 bridgehead atoms. The summed E-state index contributed by atoms with van der Waals surface area (Å²) in [4.78, 5) is 11.3. The van der Waals surface area contributed by atoms with E-state index < -0.39 is 0 Å². The van der Waals surface area contributed by atoms with Gasteiger partial charge >= 0.3 is 0 Å². The smallest absolute Gasteiger partial charge is 0.152 e. The van der Waals surface area contributed by atoms with Crippen molar-refractivity contribution < 1.29 is 9.53 Å². The average Bonchev–Trinajstić information content (AvgIpc) is 2.39. The van der Waals surface area contributed by atoms with Gasteiger partial charge in [0.2, 0.25) is 0 Å².